The minimum atomic E-state index is -0.389. The zero-order chi connectivity index (χ0) is 23.3. The number of benzene rings is 2. The third-order valence-corrected chi connectivity index (χ3v) is 8.79. The van der Waals surface area contributed by atoms with Gasteiger partial charge in [-0.2, -0.15) is 0 Å². The van der Waals surface area contributed by atoms with Gasteiger partial charge in [-0.3, -0.25) is 0 Å². The van der Waals surface area contributed by atoms with Gasteiger partial charge in [0, 0.05) is 21.8 Å². The fourth-order valence-electron chi connectivity index (χ4n) is 6.47. The van der Waals surface area contributed by atoms with Crippen LogP contribution in [0.1, 0.15) is 56.6 Å². The monoisotopic (exact) mass is 476 g/mol. The minimum absolute atomic E-state index is 0.0750. The number of nitrogens with one attached hydrogen (secondary N) is 2. The lowest BCUT2D eigenvalue weighted by atomic mass is 9.54. The molecule has 1 aromatic heterocycles. The number of carbonyl (C=O) groups excluding carboxylic acids is 1. The van der Waals surface area contributed by atoms with Crippen LogP contribution in [0.5, 0.6) is 0 Å². The number of carbonyl (C=O) groups is 1. The van der Waals surface area contributed by atoms with E-state index >= 15 is 0 Å². The number of aromatic nitrogens is 2. The molecule has 3 N–H and O–H groups in total. The Balaban J connectivity index is 1.12. The lowest BCUT2D eigenvalue weighted by Crippen LogP contribution is -2.59. The number of fused-ring (bicyclic) bond motifs is 6. The average Bonchev–Trinajstić information content (AvgIpc) is 3.44. The zero-order valence-electron chi connectivity index (χ0n) is 19.0. The molecule has 34 heavy (non-hydrogen) atoms. The van der Waals surface area contributed by atoms with Crippen LogP contribution in [0.4, 0.5) is 10.5 Å². The van der Waals surface area contributed by atoms with Crippen LogP contribution in [0.15, 0.2) is 61.1 Å². The highest BCUT2D eigenvalue weighted by atomic mass is 35.5. The van der Waals surface area contributed by atoms with E-state index in [-0.39, 0.29) is 29.1 Å². The number of amides is 2. The van der Waals surface area contributed by atoms with Crippen molar-refractivity contribution in [3.05, 3.63) is 71.6 Å². The second-order valence-corrected chi connectivity index (χ2v) is 10.7. The van der Waals surface area contributed by atoms with Gasteiger partial charge in [0.2, 0.25) is 0 Å². The smallest absolute Gasteiger partial charge is 0.319 e. The molecule has 3 aliphatic carbocycles. The molecule has 2 aromatic carbocycles. The third kappa shape index (κ3) is 3.60. The topological polar surface area (TPSA) is 79.2 Å². The first-order valence-electron chi connectivity index (χ1n) is 12.1. The van der Waals surface area contributed by atoms with E-state index in [0.717, 1.165) is 49.9 Å². The van der Waals surface area contributed by atoms with Gasteiger partial charge in [-0.05, 0) is 80.2 Å². The van der Waals surface area contributed by atoms with E-state index in [1.54, 1.807) is 24.3 Å². The average molecular weight is 477 g/mol. The van der Waals surface area contributed by atoms with E-state index in [4.69, 9.17) is 11.6 Å². The van der Waals surface area contributed by atoms with Crippen LogP contribution < -0.4 is 10.6 Å². The molecular weight excluding hydrogens is 448 g/mol. The Morgan fingerprint density at radius 2 is 1.79 bits per heavy atom. The van der Waals surface area contributed by atoms with Crippen LogP contribution in [0.2, 0.25) is 5.02 Å². The number of anilines is 1. The standard InChI is InChI=1S/C27H29ClN4O2/c28-18-5-7-19(8-6-18)30-25(34)31-27-12-9-26(10-13-27,11-14-27)24(33)15-22-20-3-1-2-4-21(20)23-16-29-17-32(22)23/h1-8,16-17,22,24,33H,9-15H2,(H2,30,31,34). The summed E-state index contributed by atoms with van der Waals surface area (Å²) >= 11 is 5.94. The summed E-state index contributed by atoms with van der Waals surface area (Å²) in [5.41, 5.74) is 4.09. The second-order valence-electron chi connectivity index (χ2n) is 10.3. The number of urea groups is 1. The number of aliphatic hydroxyl groups excluding tert-OH is 1. The Bertz CT molecular complexity index is 1200. The van der Waals surface area contributed by atoms with Crippen molar-refractivity contribution in [3.63, 3.8) is 0 Å². The quantitative estimate of drug-likeness (QED) is 0.437. The van der Waals surface area contributed by atoms with Crippen LogP contribution in [0.25, 0.3) is 11.3 Å². The highest BCUT2D eigenvalue weighted by Gasteiger charge is 2.53. The van der Waals surface area contributed by atoms with Crippen LogP contribution in [-0.2, 0) is 0 Å². The highest BCUT2D eigenvalue weighted by Crippen LogP contribution is 2.56. The van der Waals surface area contributed by atoms with Crippen LogP contribution in [-0.4, -0.2) is 32.3 Å². The van der Waals surface area contributed by atoms with Crippen molar-refractivity contribution in [2.75, 3.05) is 5.32 Å². The fourth-order valence-corrected chi connectivity index (χ4v) is 6.60. The molecule has 0 spiro atoms. The van der Waals surface area contributed by atoms with Crippen molar-refractivity contribution in [2.45, 2.75) is 62.6 Å². The maximum absolute atomic E-state index is 12.7. The maximum Gasteiger partial charge on any atom is 0.319 e. The summed E-state index contributed by atoms with van der Waals surface area (Å²) in [6.07, 6.45) is 9.60. The van der Waals surface area contributed by atoms with Crippen molar-refractivity contribution in [1.82, 2.24) is 14.9 Å². The number of rotatable bonds is 5. The summed E-state index contributed by atoms with van der Waals surface area (Å²) in [6.45, 7) is 0. The van der Waals surface area contributed by atoms with E-state index in [1.165, 1.54) is 11.1 Å². The number of hydrogen-bond donors (Lipinski definition) is 3. The Labute approximate surface area is 204 Å². The van der Waals surface area contributed by atoms with Crippen molar-refractivity contribution < 1.29 is 9.90 Å². The molecule has 2 unspecified atom stereocenters. The van der Waals surface area contributed by atoms with Gasteiger partial charge in [0.25, 0.3) is 0 Å². The van der Waals surface area contributed by atoms with Crippen molar-refractivity contribution in [2.24, 2.45) is 5.41 Å². The Hall–Kier alpha value is -2.83. The number of halogens is 1. The Morgan fingerprint density at radius 3 is 2.53 bits per heavy atom. The fraction of sp³-hybridized carbons (Fsp3) is 0.407. The molecule has 2 bridgehead atoms. The maximum atomic E-state index is 12.7. The number of aliphatic hydroxyl groups is 1. The number of imidazole rings is 1. The summed E-state index contributed by atoms with van der Waals surface area (Å²) in [5.74, 6) is 0. The third-order valence-electron chi connectivity index (χ3n) is 8.54. The Kier molecular flexibility index (Phi) is 5.19. The van der Waals surface area contributed by atoms with Crippen LogP contribution >= 0.6 is 11.6 Å². The van der Waals surface area contributed by atoms with E-state index in [9.17, 15) is 9.90 Å². The molecule has 3 saturated carbocycles. The van der Waals surface area contributed by atoms with E-state index in [2.05, 4.69) is 44.5 Å². The van der Waals surface area contributed by atoms with Gasteiger partial charge < -0.3 is 20.3 Å². The summed E-state index contributed by atoms with van der Waals surface area (Å²) in [7, 11) is 0. The molecule has 6 nitrogen and oxygen atoms in total. The van der Waals surface area contributed by atoms with Gasteiger partial charge in [-0.15, -0.1) is 0 Å². The molecule has 2 heterocycles. The molecule has 7 heteroatoms. The predicted octanol–water partition coefficient (Wildman–Crippen LogP) is 5.77. The zero-order valence-corrected chi connectivity index (χ0v) is 19.8. The molecule has 0 radical (unpaired) electrons. The summed E-state index contributed by atoms with van der Waals surface area (Å²) < 4.78 is 2.21. The van der Waals surface area contributed by atoms with Gasteiger partial charge in [0.15, 0.2) is 0 Å². The molecular formula is C27H29ClN4O2. The largest absolute Gasteiger partial charge is 0.392 e. The second kappa shape index (κ2) is 8.14. The van der Waals surface area contributed by atoms with Crippen LogP contribution in [0, 0.1) is 5.41 Å². The van der Waals surface area contributed by atoms with Gasteiger partial charge in [0.1, 0.15) is 0 Å². The van der Waals surface area contributed by atoms with Crippen molar-refractivity contribution >= 4 is 23.3 Å². The van der Waals surface area contributed by atoms with Crippen LogP contribution in [0.3, 0.4) is 0 Å². The molecule has 176 valence electrons. The predicted molar refractivity (Wildman–Crippen MR) is 133 cm³/mol. The molecule has 2 amide bonds. The molecule has 0 saturated heterocycles. The van der Waals surface area contributed by atoms with Gasteiger partial charge in [0.05, 0.1) is 30.4 Å². The first-order chi connectivity index (χ1) is 16.5. The van der Waals surface area contributed by atoms with Gasteiger partial charge in [-0.25, -0.2) is 9.78 Å². The lowest BCUT2D eigenvalue weighted by molar-refractivity contribution is -0.0732. The SMILES string of the molecule is O=C(Nc1ccc(Cl)cc1)NC12CCC(C(O)CC3c4ccccc4-c4cncn43)(CC1)CC2. The van der Waals surface area contributed by atoms with Gasteiger partial charge >= 0.3 is 6.03 Å². The normalized spacial score (nSPS) is 27.6. The first kappa shape index (κ1) is 21.7. The number of hydrogen-bond acceptors (Lipinski definition) is 3. The lowest BCUT2D eigenvalue weighted by Gasteiger charge is -2.55. The van der Waals surface area contributed by atoms with Gasteiger partial charge in [-0.1, -0.05) is 35.9 Å². The number of nitrogens with zero attached hydrogens (tertiary/aromatic N) is 2. The van der Waals surface area contributed by atoms with E-state index in [1.807, 2.05) is 12.5 Å². The molecule has 3 aromatic rings. The van der Waals surface area contributed by atoms with Crippen molar-refractivity contribution in [3.8, 4) is 11.3 Å². The van der Waals surface area contributed by atoms with E-state index in [0.29, 0.717) is 11.4 Å². The molecule has 7 rings (SSSR count). The minimum Gasteiger partial charge on any atom is -0.392 e. The molecule has 1 aliphatic heterocycles. The summed E-state index contributed by atoms with van der Waals surface area (Å²) in [6, 6.07) is 15.5. The van der Waals surface area contributed by atoms with Crippen molar-refractivity contribution in [1.29, 1.82) is 0 Å². The molecule has 4 aliphatic rings. The molecule has 3 fully saturated rings. The molecule has 2 atom stereocenters. The first-order valence-corrected chi connectivity index (χ1v) is 12.5. The highest BCUT2D eigenvalue weighted by molar-refractivity contribution is 6.30. The Morgan fingerprint density at radius 1 is 1.09 bits per heavy atom. The summed E-state index contributed by atoms with van der Waals surface area (Å²) in [4.78, 5) is 17.0. The summed E-state index contributed by atoms with van der Waals surface area (Å²) in [5, 5.41) is 18.4. The van der Waals surface area contributed by atoms with E-state index < -0.39 is 0 Å².